The van der Waals surface area contributed by atoms with E-state index < -0.39 is 41.7 Å². The molecule has 0 bridgehead atoms. The average Bonchev–Trinajstić information content (AvgIpc) is 3.17. The lowest BCUT2D eigenvalue weighted by Gasteiger charge is -2.33. The number of piperazine rings is 1. The molecule has 39 heavy (non-hydrogen) atoms. The van der Waals surface area contributed by atoms with Crippen LogP contribution in [0.15, 0.2) is 24.3 Å². The number of amides is 2. The summed E-state index contributed by atoms with van der Waals surface area (Å²) in [6, 6.07) is 2.61. The van der Waals surface area contributed by atoms with E-state index in [-0.39, 0.29) is 37.4 Å². The van der Waals surface area contributed by atoms with Crippen LogP contribution in [0.3, 0.4) is 0 Å². The van der Waals surface area contributed by atoms with Crippen molar-refractivity contribution in [1.82, 2.24) is 24.5 Å². The van der Waals surface area contributed by atoms with Crippen molar-refractivity contribution in [2.45, 2.75) is 38.5 Å². The maximum Gasteiger partial charge on any atom is 0.416 e. The number of aliphatic hydroxyl groups is 1. The molecule has 3 heterocycles. The van der Waals surface area contributed by atoms with Gasteiger partial charge in [-0.3, -0.25) is 14.4 Å². The molecule has 0 radical (unpaired) electrons. The molecule has 2 aliphatic rings. The summed E-state index contributed by atoms with van der Waals surface area (Å²) < 4.78 is 85.3. The number of hydrogen-bond acceptors (Lipinski definition) is 6. The molecule has 1 N–H and O–H groups in total. The molecule has 1 saturated heterocycles. The Labute approximate surface area is 219 Å². The second-order valence-electron chi connectivity index (χ2n) is 9.35. The van der Waals surface area contributed by atoms with Crippen LogP contribution in [0.5, 0.6) is 0 Å². The Kier molecular flexibility index (Phi) is 8.39. The molecule has 2 amide bonds. The smallest absolute Gasteiger partial charge is 0.416 e. The van der Waals surface area contributed by atoms with E-state index in [1.807, 2.05) is 4.90 Å². The van der Waals surface area contributed by atoms with E-state index in [2.05, 4.69) is 5.10 Å². The molecule has 2 aromatic rings. The molecule has 9 nitrogen and oxygen atoms in total. The SMILES string of the molecule is O=C(OCc1cc(C(F)(F)F)cc(C(F)(F)F)c1)N1CCCn2nc(C(=O)N3CCN(CCO)CC3)cc2C1. The number of fused-ring (bicyclic) bond motifs is 1. The molecular formula is C24H27F6N5O4. The van der Waals surface area contributed by atoms with Crippen molar-refractivity contribution in [3.63, 3.8) is 0 Å². The summed E-state index contributed by atoms with van der Waals surface area (Å²) >= 11 is 0. The highest BCUT2D eigenvalue weighted by molar-refractivity contribution is 5.92. The number of carbonyl (C=O) groups excluding carboxylic acids is 2. The van der Waals surface area contributed by atoms with Crippen LogP contribution in [0.25, 0.3) is 0 Å². The van der Waals surface area contributed by atoms with Crippen LogP contribution in [0.1, 0.15) is 39.3 Å². The van der Waals surface area contributed by atoms with Crippen LogP contribution < -0.4 is 0 Å². The van der Waals surface area contributed by atoms with Gasteiger partial charge in [-0.2, -0.15) is 31.4 Å². The van der Waals surface area contributed by atoms with Crippen molar-refractivity contribution in [2.75, 3.05) is 45.9 Å². The van der Waals surface area contributed by atoms with E-state index in [0.29, 0.717) is 63.5 Å². The number of carbonyl (C=O) groups is 2. The van der Waals surface area contributed by atoms with Crippen LogP contribution in [0, 0.1) is 0 Å². The molecule has 2 aliphatic heterocycles. The topological polar surface area (TPSA) is 91.1 Å². The van der Waals surface area contributed by atoms with Crippen molar-refractivity contribution in [3.8, 4) is 0 Å². The van der Waals surface area contributed by atoms with E-state index in [1.54, 1.807) is 15.6 Å². The number of rotatable bonds is 5. The zero-order valence-corrected chi connectivity index (χ0v) is 20.8. The molecule has 1 fully saturated rings. The third kappa shape index (κ3) is 7.01. The van der Waals surface area contributed by atoms with E-state index in [4.69, 9.17) is 9.84 Å². The number of benzene rings is 1. The van der Waals surface area contributed by atoms with Gasteiger partial charge in [0.2, 0.25) is 0 Å². The molecule has 1 aromatic carbocycles. The zero-order chi connectivity index (χ0) is 28.4. The number of ether oxygens (including phenoxy) is 1. The normalized spacial score (nSPS) is 17.1. The standard InChI is InChI=1S/C24H27F6N5O4/c25-23(26,27)17-10-16(11-18(12-17)24(28,29)30)15-39-22(38)34-2-1-3-35-19(14-34)13-20(31-35)21(37)33-6-4-32(5-7-33)8-9-36/h10-13,36H,1-9,14-15H2. The fourth-order valence-electron chi connectivity index (χ4n) is 4.54. The highest BCUT2D eigenvalue weighted by Crippen LogP contribution is 2.36. The largest absolute Gasteiger partial charge is 0.445 e. The Morgan fingerprint density at radius 3 is 2.10 bits per heavy atom. The summed E-state index contributed by atoms with van der Waals surface area (Å²) in [5.74, 6) is -0.265. The summed E-state index contributed by atoms with van der Waals surface area (Å²) in [6.45, 7) is 2.60. The molecule has 0 atom stereocenters. The first kappa shape index (κ1) is 28.7. The number of aromatic nitrogens is 2. The van der Waals surface area contributed by atoms with E-state index in [9.17, 15) is 35.9 Å². The lowest BCUT2D eigenvalue weighted by atomic mass is 10.1. The molecule has 0 saturated carbocycles. The summed E-state index contributed by atoms with van der Waals surface area (Å²) in [5.41, 5.74) is -2.68. The first-order valence-corrected chi connectivity index (χ1v) is 12.2. The summed E-state index contributed by atoms with van der Waals surface area (Å²) in [5, 5.41) is 13.4. The van der Waals surface area contributed by atoms with Crippen LogP contribution in [-0.4, -0.2) is 87.5 Å². The van der Waals surface area contributed by atoms with Gasteiger partial charge in [-0.1, -0.05) is 0 Å². The quantitative estimate of drug-likeness (QED) is 0.562. The van der Waals surface area contributed by atoms with E-state index in [0.717, 1.165) is 0 Å². The third-order valence-corrected chi connectivity index (χ3v) is 6.58. The Bertz CT molecular complexity index is 1160. The second-order valence-corrected chi connectivity index (χ2v) is 9.35. The van der Waals surface area contributed by atoms with Gasteiger partial charge < -0.3 is 19.6 Å². The Balaban J connectivity index is 1.40. The molecular weight excluding hydrogens is 536 g/mol. The van der Waals surface area contributed by atoms with Crippen LogP contribution in [0.4, 0.5) is 31.1 Å². The molecule has 214 valence electrons. The fraction of sp³-hybridized carbons (Fsp3) is 0.542. The van der Waals surface area contributed by atoms with Gasteiger partial charge >= 0.3 is 18.4 Å². The lowest BCUT2D eigenvalue weighted by Crippen LogP contribution is -2.49. The zero-order valence-electron chi connectivity index (χ0n) is 20.8. The van der Waals surface area contributed by atoms with Crippen molar-refractivity contribution in [3.05, 3.63) is 52.3 Å². The predicted molar refractivity (Wildman–Crippen MR) is 123 cm³/mol. The number of hydrogen-bond donors (Lipinski definition) is 1. The van der Waals surface area contributed by atoms with Gasteiger partial charge in [0.05, 0.1) is 30.0 Å². The minimum absolute atomic E-state index is 0.000215. The van der Waals surface area contributed by atoms with Crippen LogP contribution in [-0.2, 0) is 36.8 Å². The van der Waals surface area contributed by atoms with Crippen molar-refractivity contribution in [1.29, 1.82) is 0 Å². The molecule has 4 rings (SSSR count). The van der Waals surface area contributed by atoms with Gasteiger partial charge in [0.15, 0.2) is 5.69 Å². The number of alkyl halides is 6. The van der Waals surface area contributed by atoms with E-state index in [1.165, 1.54) is 4.90 Å². The molecule has 15 heteroatoms. The highest BCUT2D eigenvalue weighted by Gasteiger charge is 2.37. The summed E-state index contributed by atoms with van der Waals surface area (Å²) in [7, 11) is 0. The number of β-amino-alcohol motifs (C(OH)–C–C–N with tert-alkyl or cyclic N) is 1. The predicted octanol–water partition coefficient (Wildman–Crippen LogP) is 3.21. The minimum atomic E-state index is -5.01. The first-order valence-electron chi connectivity index (χ1n) is 12.2. The van der Waals surface area contributed by atoms with Gasteiger partial charge in [-0.05, 0) is 36.2 Å². The summed E-state index contributed by atoms with van der Waals surface area (Å²) in [6.07, 6.45) is -10.5. The van der Waals surface area contributed by atoms with Gasteiger partial charge in [0.25, 0.3) is 5.91 Å². The molecule has 0 aliphatic carbocycles. The average molecular weight is 563 g/mol. The van der Waals surface area contributed by atoms with Crippen molar-refractivity contribution < 1.29 is 45.8 Å². The minimum Gasteiger partial charge on any atom is -0.445 e. The van der Waals surface area contributed by atoms with Gasteiger partial charge in [-0.15, -0.1) is 0 Å². The molecule has 0 unspecified atom stereocenters. The highest BCUT2D eigenvalue weighted by atomic mass is 19.4. The molecule has 0 spiro atoms. The van der Waals surface area contributed by atoms with Gasteiger partial charge in [0.1, 0.15) is 6.61 Å². The third-order valence-electron chi connectivity index (χ3n) is 6.58. The van der Waals surface area contributed by atoms with Gasteiger partial charge in [-0.25, -0.2) is 4.79 Å². The van der Waals surface area contributed by atoms with Crippen LogP contribution >= 0.6 is 0 Å². The summed E-state index contributed by atoms with van der Waals surface area (Å²) in [4.78, 5) is 30.6. The maximum atomic E-state index is 13.1. The first-order chi connectivity index (χ1) is 18.3. The number of halogens is 6. The Morgan fingerprint density at radius 1 is 0.872 bits per heavy atom. The Hall–Kier alpha value is -3.33. The number of nitrogens with zero attached hydrogens (tertiary/aromatic N) is 5. The van der Waals surface area contributed by atoms with Crippen LogP contribution in [0.2, 0.25) is 0 Å². The number of aryl methyl sites for hydroxylation is 1. The monoisotopic (exact) mass is 563 g/mol. The van der Waals surface area contributed by atoms with Gasteiger partial charge in [0, 0.05) is 45.8 Å². The van der Waals surface area contributed by atoms with Crippen molar-refractivity contribution >= 4 is 12.0 Å². The lowest BCUT2D eigenvalue weighted by molar-refractivity contribution is -0.143. The maximum absolute atomic E-state index is 13.1. The molecule has 1 aromatic heterocycles. The van der Waals surface area contributed by atoms with E-state index >= 15 is 0 Å². The number of aliphatic hydroxyl groups excluding tert-OH is 1. The Morgan fingerprint density at radius 2 is 1.51 bits per heavy atom. The van der Waals surface area contributed by atoms with Crippen molar-refractivity contribution in [2.24, 2.45) is 0 Å². The fourth-order valence-corrected chi connectivity index (χ4v) is 4.54. The second kappa shape index (κ2) is 11.4.